The molecule has 2 N–H and O–H groups in total. The van der Waals surface area contributed by atoms with E-state index in [1.807, 2.05) is 0 Å². The van der Waals surface area contributed by atoms with Gasteiger partial charge in [-0.05, 0) is 60.2 Å². The molecule has 250 valence electrons. The number of hydrogen-bond donors (Lipinski definition) is 2. The standard InChI is InChI=1S/C32H31N5O10S/c1-44-24-16-17-26(29(18-24)46-3)36(48(42,43)30-11-7-5-9-27(30)37(40)41)20-31(38)35-33-19-22-12-14-23(15-13-22)47-21-32(39)34-25-8-4-6-10-28(25)45-2/h4-19H,20-21H2,1-3H3,(H,34,39)(H,35,38)/b33-19-. The van der Waals surface area contributed by atoms with Crippen LogP contribution in [0.3, 0.4) is 0 Å². The van der Waals surface area contributed by atoms with E-state index in [-0.39, 0.29) is 18.0 Å². The highest BCUT2D eigenvalue weighted by Gasteiger charge is 2.34. The fourth-order valence-corrected chi connectivity index (χ4v) is 5.91. The van der Waals surface area contributed by atoms with Gasteiger partial charge in [0.2, 0.25) is 0 Å². The van der Waals surface area contributed by atoms with E-state index in [1.165, 1.54) is 57.9 Å². The quantitative estimate of drug-likeness (QED) is 0.106. The summed E-state index contributed by atoms with van der Waals surface area (Å²) in [6.07, 6.45) is 1.31. The van der Waals surface area contributed by atoms with Gasteiger partial charge in [0.1, 0.15) is 29.5 Å². The Labute approximate surface area is 275 Å². The first-order valence-electron chi connectivity index (χ1n) is 14.0. The topological polar surface area (TPSA) is 188 Å². The summed E-state index contributed by atoms with van der Waals surface area (Å²) >= 11 is 0. The lowest BCUT2D eigenvalue weighted by atomic mass is 10.2. The number of hydrogen-bond acceptors (Lipinski definition) is 11. The number of nitrogens with zero attached hydrogens (tertiary/aromatic N) is 3. The molecule has 15 nitrogen and oxygen atoms in total. The van der Waals surface area contributed by atoms with E-state index in [2.05, 4.69) is 15.8 Å². The summed E-state index contributed by atoms with van der Waals surface area (Å²) in [4.78, 5) is 35.5. The number of para-hydroxylation sites is 3. The highest BCUT2D eigenvalue weighted by Crippen LogP contribution is 2.37. The Morgan fingerprint density at radius 2 is 1.52 bits per heavy atom. The van der Waals surface area contributed by atoms with Crippen molar-refractivity contribution in [3.05, 3.63) is 107 Å². The van der Waals surface area contributed by atoms with E-state index in [0.29, 0.717) is 32.8 Å². The van der Waals surface area contributed by atoms with Crippen LogP contribution in [-0.2, 0) is 19.6 Å². The zero-order valence-electron chi connectivity index (χ0n) is 26.0. The van der Waals surface area contributed by atoms with Crippen LogP contribution >= 0.6 is 0 Å². The van der Waals surface area contributed by atoms with Gasteiger partial charge in [-0.1, -0.05) is 24.3 Å². The van der Waals surface area contributed by atoms with Crippen molar-refractivity contribution in [1.29, 1.82) is 0 Å². The predicted molar refractivity (Wildman–Crippen MR) is 176 cm³/mol. The third-order valence-electron chi connectivity index (χ3n) is 6.61. The Kier molecular flexibility index (Phi) is 11.5. The third-order valence-corrected chi connectivity index (χ3v) is 8.41. The van der Waals surface area contributed by atoms with Crippen LogP contribution in [0.15, 0.2) is 101 Å². The Hall–Kier alpha value is -6.16. The molecule has 0 fully saturated rings. The van der Waals surface area contributed by atoms with Gasteiger partial charge in [-0.15, -0.1) is 0 Å². The molecule has 4 aromatic carbocycles. The number of sulfonamides is 1. The summed E-state index contributed by atoms with van der Waals surface area (Å²) in [5.41, 5.74) is 2.59. The maximum atomic E-state index is 13.8. The van der Waals surface area contributed by atoms with Gasteiger partial charge in [0.25, 0.3) is 27.5 Å². The molecule has 0 heterocycles. The maximum absolute atomic E-state index is 13.8. The van der Waals surface area contributed by atoms with Gasteiger partial charge in [0.15, 0.2) is 11.5 Å². The molecular formula is C32H31N5O10S. The minimum absolute atomic E-state index is 0.0346. The molecular weight excluding hydrogens is 646 g/mol. The van der Waals surface area contributed by atoms with E-state index in [1.54, 1.807) is 48.5 Å². The number of carbonyl (C=O) groups excluding carboxylic acids is 2. The third kappa shape index (κ3) is 8.55. The summed E-state index contributed by atoms with van der Waals surface area (Å²) in [6.45, 7) is -1.07. The number of nitrogens with one attached hydrogen (secondary N) is 2. The van der Waals surface area contributed by atoms with Crippen molar-refractivity contribution in [2.24, 2.45) is 5.10 Å². The smallest absolute Gasteiger partial charge is 0.289 e. The molecule has 4 rings (SSSR count). The fourth-order valence-electron chi connectivity index (χ4n) is 4.31. The molecule has 0 aliphatic rings. The normalized spacial score (nSPS) is 11.0. The summed E-state index contributed by atoms with van der Waals surface area (Å²) < 4.78 is 49.6. The van der Waals surface area contributed by atoms with Crippen molar-refractivity contribution in [3.63, 3.8) is 0 Å². The molecule has 0 radical (unpaired) electrons. The number of ether oxygens (including phenoxy) is 4. The lowest BCUT2D eigenvalue weighted by molar-refractivity contribution is -0.387. The summed E-state index contributed by atoms with van der Waals surface area (Å²) in [5, 5.41) is 18.3. The van der Waals surface area contributed by atoms with Crippen LogP contribution in [0.2, 0.25) is 0 Å². The Bertz CT molecular complexity index is 1920. The predicted octanol–water partition coefficient (Wildman–Crippen LogP) is 3.98. The Morgan fingerprint density at radius 3 is 2.21 bits per heavy atom. The fraction of sp³-hybridized carbons (Fsp3) is 0.156. The van der Waals surface area contributed by atoms with Gasteiger partial charge in [-0.3, -0.25) is 24.0 Å². The average molecular weight is 678 g/mol. The molecule has 0 saturated heterocycles. The number of nitro benzene ring substituents is 1. The van der Waals surface area contributed by atoms with Crippen molar-refractivity contribution in [1.82, 2.24) is 5.43 Å². The number of nitro groups is 1. The van der Waals surface area contributed by atoms with E-state index < -0.39 is 43.9 Å². The summed E-state index contributed by atoms with van der Waals surface area (Å²) in [5.74, 6) is 0.0464. The molecule has 2 amide bonds. The summed E-state index contributed by atoms with van der Waals surface area (Å²) in [7, 11) is -0.478. The van der Waals surface area contributed by atoms with Crippen molar-refractivity contribution < 1.29 is 41.9 Å². The molecule has 16 heteroatoms. The molecule has 0 spiro atoms. The summed E-state index contributed by atoms with van der Waals surface area (Å²) in [6, 6.07) is 22.4. The molecule has 48 heavy (non-hydrogen) atoms. The minimum Gasteiger partial charge on any atom is -0.497 e. The number of rotatable bonds is 15. The number of amides is 2. The van der Waals surface area contributed by atoms with Crippen LogP contribution in [0.4, 0.5) is 17.1 Å². The van der Waals surface area contributed by atoms with E-state index in [4.69, 9.17) is 18.9 Å². The van der Waals surface area contributed by atoms with Crippen LogP contribution in [0, 0.1) is 10.1 Å². The van der Waals surface area contributed by atoms with Crippen LogP contribution in [0.25, 0.3) is 0 Å². The van der Waals surface area contributed by atoms with Crippen LogP contribution in [0.1, 0.15) is 5.56 Å². The van der Waals surface area contributed by atoms with Gasteiger partial charge in [-0.2, -0.15) is 5.10 Å². The van der Waals surface area contributed by atoms with Crippen molar-refractivity contribution in [2.75, 3.05) is 44.1 Å². The van der Waals surface area contributed by atoms with Crippen LogP contribution in [-0.4, -0.2) is 65.9 Å². The molecule has 0 aliphatic heterocycles. The number of anilines is 2. The maximum Gasteiger partial charge on any atom is 0.289 e. The molecule has 0 aromatic heterocycles. The Balaban J connectivity index is 1.45. The van der Waals surface area contributed by atoms with Gasteiger partial charge in [-0.25, -0.2) is 13.8 Å². The van der Waals surface area contributed by atoms with Gasteiger partial charge < -0.3 is 24.3 Å². The monoisotopic (exact) mass is 677 g/mol. The van der Waals surface area contributed by atoms with Crippen LogP contribution < -0.4 is 34.0 Å². The highest BCUT2D eigenvalue weighted by atomic mass is 32.2. The largest absolute Gasteiger partial charge is 0.497 e. The first-order chi connectivity index (χ1) is 23.1. The second-order valence-corrected chi connectivity index (χ2v) is 11.5. The lowest BCUT2D eigenvalue weighted by Crippen LogP contribution is -2.40. The number of benzene rings is 4. The van der Waals surface area contributed by atoms with Gasteiger partial charge >= 0.3 is 0 Å². The Morgan fingerprint density at radius 1 is 0.854 bits per heavy atom. The molecule has 0 atom stereocenters. The highest BCUT2D eigenvalue weighted by molar-refractivity contribution is 7.93. The zero-order chi connectivity index (χ0) is 34.7. The lowest BCUT2D eigenvalue weighted by Gasteiger charge is -2.25. The van der Waals surface area contributed by atoms with Crippen molar-refractivity contribution in [3.8, 4) is 23.0 Å². The van der Waals surface area contributed by atoms with E-state index in [9.17, 15) is 28.1 Å². The second kappa shape index (κ2) is 15.9. The molecule has 4 aromatic rings. The number of methoxy groups -OCH3 is 3. The van der Waals surface area contributed by atoms with Crippen molar-refractivity contribution in [2.45, 2.75) is 4.90 Å². The van der Waals surface area contributed by atoms with Crippen molar-refractivity contribution >= 4 is 45.1 Å². The molecule has 0 unspecified atom stereocenters. The SMILES string of the molecule is COc1ccc(N(CC(=O)N/N=C\c2ccc(OCC(=O)Nc3ccccc3OC)cc2)S(=O)(=O)c2ccccc2[N+](=O)[O-])c(OC)c1. The number of hydrazone groups is 1. The minimum atomic E-state index is -4.68. The van der Waals surface area contributed by atoms with E-state index >= 15 is 0 Å². The molecule has 0 saturated carbocycles. The second-order valence-electron chi connectivity index (χ2n) is 9.67. The van der Waals surface area contributed by atoms with E-state index in [0.717, 1.165) is 12.1 Å². The van der Waals surface area contributed by atoms with Gasteiger partial charge in [0, 0.05) is 12.1 Å². The molecule has 0 aliphatic carbocycles. The zero-order valence-corrected chi connectivity index (χ0v) is 26.8. The van der Waals surface area contributed by atoms with Crippen LogP contribution in [0.5, 0.6) is 23.0 Å². The van der Waals surface area contributed by atoms with Gasteiger partial charge in [0.05, 0.1) is 43.8 Å². The molecule has 0 bridgehead atoms. The number of carbonyl (C=O) groups is 2. The first kappa shape index (κ1) is 34.7. The first-order valence-corrected chi connectivity index (χ1v) is 15.5. The average Bonchev–Trinajstić information content (AvgIpc) is 3.10.